The SMILES string of the molecule is CN1CCC(C2CCN(c3cc(C(=O)N4CCCCC4)ccn3)CC2)CC1. The van der Waals surface area contributed by atoms with Gasteiger partial charge in [-0.15, -0.1) is 0 Å². The van der Waals surface area contributed by atoms with Crippen molar-refractivity contribution in [2.45, 2.75) is 44.9 Å². The molecule has 0 atom stereocenters. The van der Waals surface area contributed by atoms with Gasteiger partial charge in [0.25, 0.3) is 5.91 Å². The van der Waals surface area contributed by atoms with E-state index in [0.717, 1.165) is 62.2 Å². The van der Waals surface area contributed by atoms with Gasteiger partial charge in [-0.2, -0.15) is 0 Å². The number of carbonyl (C=O) groups is 1. The Bertz CT molecular complexity index is 627. The van der Waals surface area contributed by atoms with Crippen molar-refractivity contribution in [3.8, 4) is 0 Å². The normalized spacial score (nSPS) is 23.6. The van der Waals surface area contributed by atoms with E-state index < -0.39 is 0 Å². The van der Waals surface area contributed by atoms with Gasteiger partial charge in [-0.1, -0.05) is 0 Å². The van der Waals surface area contributed by atoms with Crippen molar-refractivity contribution in [1.29, 1.82) is 0 Å². The molecule has 27 heavy (non-hydrogen) atoms. The number of aromatic nitrogens is 1. The molecule has 3 fully saturated rings. The van der Waals surface area contributed by atoms with Crippen LogP contribution in [0, 0.1) is 11.8 Å². The topological polar surface area (TPSA) is 39.7 Å². The minimum Gasteiger partial charge on any atom is -0.357 e. The monoisotopic (exact) mass is 370 g/mol. The molecule has 5 nitrogen and oxygen atoms in total. The van der Waals surface area contributed by atoms with Gasteiger partial charge in [0.05, 0.1) is 0 Å². The van der Waals surface area contributed by atoms with Crippen molar-refractivity contribution < 1.29 is 4.79 Å². The van der Waals surface area contributed by atoms with Crippen LogP contribution >= 0.6 is 0 Å². The highest BCUT2D eigenvalue weighted by Gasteiger charge is 2.29. The van der Waals surface area contributed by atoms with Gasteiger partial charge in [0.2, 0.25) is 0 Å². The van der Waals surface area contributed by atoms with E-state index in [9.17, 15) is 4.79 Å². The number of hydrogen-bond acceptors (Lipinski definition) is 4. The highest BCUT2D eigenvalue weighted by molar-refractivity contribution is 5.94. The molecule has 5 heteroatoms. The first-order chi connectivity index (χ1) is 13.2. The molecule has 3 saturated heterocycles. The van der Waals surface area contributed by atoms with Gasteiger partial charge in [0.1, 0.15) is 5.82 Å². The summed E-state index contributed by atoms with van der Waals surface area (Å²) in [5.74, 6) is 2.94. The number of hydrogen-bond donors (Lipinski definition) is 0. The van der Waals surface area contributed by atoms with Gasteiger partial charge < -0.3 is 14.7 Å². The van der Waals surface area contributed by atoms with Gasteiger partial charge >= 0.3 is 0 Å². The van der Waals surface area contributed by atoms with E-state index in [1.54, 1.807) is 0 Å². The quantitative estimate of drug-likeness (QED) is 0.819. The lowest BCUT2D eigenvalue weighted by atomic mass is 9.79. The first kappa shape index (κ1) is 18.7. The van der Waals surface area contributed by atoms with E-state index in [4.69, 9.17) is 0 Å². The Morgan fingerprint density at radius 3 is 2.22 bits per heavy atom. The van der Waals surface area contributed by atoms with Crippen LogP contribution in [0.4, 0.5) is 5.82 Å². The van der Waals surface area contributed by atoms with Crippen molar-refractivity contribution in [3.63, 3.8) is 0 Å². The molecule has 1 aromatic heterocycles. The molecule has 0 aromatic carbocycles. The van der Waals surface area contributed by atoms with Gasteiger partial charge in [-0.25, -0.2) is 4.98 Å². The van der Waals surface area contributed by atoms with Crippen molar-refractivity contribution in [2.75, 3.05) is 51.2 Å². The highest BCUT2D eigenvalue weighted by Crippen LogP contribution is 2.33. The molecule has 0 unspecified atom stereocenters. The van der Waals surface area contributed by atoms with E-state index in [0.29, 0.717) is 0 Å². The van der Waals surface area contributed by atoms with Crippen LogP contribution < -0.4 is 4.90 Å². The number of amides is 1. The number of carbonyl (C=O) groups excluding carboxylic acids is 1. The van der Waals surface area contributed by atoms with E-state index >= 15 is 0 Å². The first-order valence-electron chi connectivity index (χ1n) is 10.9. The second-order valence-electron chi connectivity index (χ2n) is 8.72. The summed E-state index contributed by atoms with van der Waals surface area (Å²) >= 11 is 0. The van der Waals surface area contributed by atoms with Crippen LogP contribution in [0.2, 0.25) is 0 Å². The van der Waals surface area contributed by atoms with Gasteiger partial charge in [0, 0.05) is 37.9 Å². The average Bonchev–Trinajstić information content (AvgIpc) is 2.75. The number of pyridine rings is 1. The van der Waals surface area contributed by atoms with Crippen molar-refractivity contribution >= 4 is 11.7 Å². The van der Waals surface area contributed by atoms with Gasteiger partial charge in [-0.3, -0.25) is 4.79 Å². The minimum atomic E-state index is 0.180. The maximum Gasteiger partial charge on any atom is 0.254 e. The lowest BCUT2D eigenvalue weighted by Gasteiger charge is -2.39. The summed E-state index contributed by atoms with van der Waals surface area (Å²) in [6.07, 6.45) is 10.6. The zero-order valence-corrected chi connectivity index (χ0v) is 16.8. The van der Waals surface area contributed by atoms with Crippen LogP contribution in [0.1, 0.15) is 55.3 Å². The summed E-state index contributed by atoms with van der Waals surface area (Å²) < 4.78 is 0. The average molecular weight is 371 g/mol. The second kappa shape index (κ2) is 8.59. The fraction of sp³-hybridized carbons (Fsp3) is 0.727. The van der Waals surface area contributed by atoms with Gasteiger partial charge in [-0.05, 0) is 89.1 Å². The van der Waals surface area contributed by atoms with Crippen LogP contribution in [0.25, 0.3) is 0 Å². The number of rotatable bonds is 3. The predicted octanol–water partition coefficient (Wildman–Crippen LogP) is 3.27. The largest absolute Gasteiger partial charge is 0.357 e. The second-order valence-corrected chi connectivity index (χ2v) is 8.72. The highest BCUT2D eigenvalue weighted by atomic mass is 16.2. The van der Waals surface area contributed by atoms with Gasteiger partial charge in [0.15, 0.2) is 0 Å². The maximum atomic E-state index is 12.8. The minimum absolute atomic E-state index is 0.180. The molecule has 3 aliphatic heterocycles. The molecule has 4 heterocycles. The van der Waals surface area contributed by atoms with E-state index in [-0.39, 0.29) is 5.91 Å². The smallest absolute Gasteiger partial charge is 0.254 e. The summed E-state index contributed by atoms with van der Waals surface area (Å²) in [5.41, 5.74) is 0.805. The van der Waals surface area contributed by atoms with Crippen molar-refractivity contribution in [3.05, 3.63) is 23.9 Å². The first-order valence-corrected chi connectivity index (χ1v) is 10.9. The number of likely N-dealkylation sites (tertiary alicyclic amines) is 2. The zero-order valence-electron chi connectivity index (χ0n) is 16.8. The van der Waals surface area contributed by atoms with Crippen LogP contribution in [0.3, 0.4) is 0 Å². The molecule has 0 aliphatic carbocycles. The Balaban J connectivity index is 1.35. The molecule has 0 saturated carbocycles. The van der Waals surface area contributed by atoms with Crippen LogP contribution in [-0.4, -0.2) is 67.0 Å². The maximum absolute atomic E-state index is 12.8. The summed E-state index contributed by atoms with van der Waals surface area (Å²) in [6, 6.07) is 3.90. The number of piperidine rings is 3. The van der Waals surface area contributed by atoms with Crippen LogP contribution in [-0.2, 0) is 0 Å². The molecule has 3 aliphatic rings. The summed E-state index contributed by atoms with van der Waals surface area (Å²) in [5, 5.41) is 0. The summed E-state index contributed by atoms with van der Waals surface area (Å²) in [4.78, 5) is 24.2. The summed E-state index contributed by atoms with van der Waals surface area (Å²) in [7, 11) is 2.24. The third-order valence-corrected chi connectivity index (χ3v) is 6.93. The lowest BCUT2D eigenvalue weighted by molar-refractivity contribution is 0.0724. The standard InChI is InChI=1S/C22H34N4O/c1-24-13-6-18(7-14-24)19-8-15-25(16-9-19)21-17-20(5-10-23-21)22(27)26-11-3-2-4-12-26/h5,10,17-19H,2-4,6-9,11-16H2,1H3. The number of nitrogens with zero attached hydrogens (tertiary/aromatic N) is 4. The zero-order chi connectivity index (χ0) is 18.6. The molecule has 1 amide bonds. The van der Waals surface area contributed by atoms with Crippen molar-refractivity contribution in [1.82, 2.24) is 14.8 Å². The van der Waals surface area contributed by atoms with E-state index in [2.05, 4.69) is 21.8 Å². The Labute approximate surface area is 163 Å². The molecule has 0 bridgehead atoms. The lowest BCUT2D eigenvalue weighted by Crippen LogP contribution is -2.40. The fourth-order valence-corrected chi connectivity index (χ4v) is 5.10. The molecule has 4 rings (SSSR count). The molecule has 0 spiro atoms. The molecular formula is C22H34N4O. The van der Waals surface area contributed by atoms with Crippen LogP contribution in [0.15, 0.2) is 18.3 Å². The fourth-order valence-electron chi connectivity index (χ4n) is 5.10. The Morgan fingerprint density at radius 1 is 0.926 bits per heavy atom. The van der Waals surface area contributed by atoms with Crippen LogP contribution in [0.5, 0.6) is 0 Å². The molecular weight excluding hydrogens is 336 g/mol. The Hall–Kier alpha value is -1.62. The Kier molecular flexibility index (Phi) is 5.96. The third-order valence-electron chi connectivity index (χ3n) is 6.93. The van der Waals surface area contributed by atoms with Crippen molar-refractivity contribution in [2.24, 2.45) is 11.8 Å². The third kappa shape index (κ3) is 4.45. The summed E-state index contributed by atoms with van der Waals surface area (Å²) in [6.45, 7) is 6.47. The number of anilines is 1. The predicted molar refractivity (Wildman–Crippen MR) is 109 cm³/mol. The Morgan fingerprint density at radius 2 is 1.56 bits per heavy atom. The van der Waals surface area contributed by atoms with E-state index in [1.165, 1.54) is 45.2 Å². The van der Waals surface area contributed by atoms with E-state index in [1.807, 2.05) is 23.2 Å². The molecule has 1 aromatic rings. The molecule has 0 radical (unpaired) electrons. The molecule has 148 valence electrons. The molecule has 0 N–H and O–H groups in total.